The van der Waals surface area contributed by atoms with E-state index in [0.717, 1.165) is 25.2 Å². The SMILES string of the molecule is CCCCNc1cc(OCCN)nc(C)n1. The van der Waals surface area contributed by atoms with E-state index in [2.05, 4.69) is 22.2 Å². The second kappa shape index (κ2) is 7.00. The van der Waals surface area contributed by atoms with Crippen LogP contribution in [-0.2, 0) is 0 Å². The molecule has 0 saturated carbocycles. The minimum absolute atomic E-state index is 0.477. The summed E-state index contributed by atoms with van der Waals surface area (Å²) in [6, 6.07) is 1.80. The first-order valence-corrected chi connectivity index (χ1v) is 5.68. The second-order valence-corrected chi connectivity index (χ2v) is 3.56. The summed E-state index contributed by atoms with van der Waals surface area (Å²) in [6.07, 6.45) is 2.29. The van der Waals surface area contributed by atoms with Crippen LogP contribution >= 0.6 is 0 Å². The first-order chi connectivity index (χ1) is 7.76. The van der Waals surface area contributed by atoms with E-state index in [4.69, 9.17) is 10.5 Å². The number of ether oxygens (including phenoxy) is 1. The first-order valence-electron chi connectivity index (χ1n) is 5.68. The van der Waals surface area contributed by atoms with Gasteiger partial charge in [-0.15, -0.1) is 0 Å². The number of nitrogens with one attached hydrogen (secondary N) is 1. The smallest absolute Gasteiger partial charge is 0.218 e. The van der Waals surface area contributed by atoms with Crippen LogP contribution in [0.15, 0.2) is 6.07 Å². The van der Waals surface area contributed by atoms with Gasteiger partial charge in [0.05, 0.1) is 0 Å². The summed E-state index contributed by atoms with van der Waals surface area (Å²) in [7, 11) is 0. The van der Waals surface area contributed by atoms with Gasteiger partial charge in [-0.2, -0.15) is 4.98 Å². The molecule has 16 heavy (non-hydrogen) atoms. The van der Waals surface area contributed by atoms with E-state index < -0.39 is 0 Å². The Kier molecular flexibility index (Phi) is 5.56. The maximum atomic E-state index is 5.37. The first kappa shape index (κ1) is 12.7. The Morgan fingerprint density at radius 2 is 2.25 bits per heavy atom. The van der Waals surface area contributed by atoms with Gasteiger partial charge in [-0.05, 0) is 13.3 Å². The molecule has 1 heterocycles. The molecule has 1 aromatic heterocycles. The Morgan fingerprint density at radius 3 is 2.94 bits per heavy atom. The average Bonchev–Trinajstić information content (AvgIpc) is 2.26. The fraction of sp³-hybridized carbons (Fsp3) is 0.636. The lowest BCUT2D eigenvalue weighted by atomic mass is 10.3. The summed E-state index contributed by atoms with van der Waals surface area (Å²) in [5.74, 6) is 2.10. The minimum Gasteiger partial charge on any atom is -0.476 e. The van der Waals surface area contributed by atoms with Crippen molar-refractivity contribution in [2.24, 2.45) is 5.73 Å². The molecule has 0 radical (unpaired) electrons. The third-order valence-corrected chi connectivity index (χ3v) is 2.02. The molecule has 0 atom stereocenters. The van der Waals surface area contributed by atoms with Crippen molar-refractivity contribution in [3.63, 3.8) is 0 Å². The van der Waals surface area contributed by atoms with E-state index >= 15 is 0 Å². The van der Waals surface area contributed by atoms with Crippen LogP contribution in [0.3, 0.4) is 0 Å². The molecule has 0 saturated heterocycles. The van der Waals surface area contributed by atoms with Gasteiger partial charge in [0.1, 0.15) is 18.2 Å². The van der Waals surface area contributed by atoms with Crippen molar-refractivity contribution >= 4 is 5.82 Å². The van der Waals surface area contributed by atoms with Gasteiger partial charge in [0, 0.05) is 19.2 Å². The molecule has 90 valence electrons. The van der Waals surface area contributed by atoms with Crippen molar-refractivity contribution in [2.45, 2.75) is 26.7 Å². The normalized spacial score (nSPS) is 10.2. The number of anilines is 1. The third-order valence-electron chi connectivity index (χ3n) is 2.02. The molecule has 3 N–H and O–H groups in total. The highest BCUT2D eigenvalue weighted by molar-refractivity contribution is 5.38. The maximum absolute atomic E-state index is 5.37. The van der Waals surface area contributed by atoms with E-state index in [1.165, 1.54) is 0 Å². The summed E-state index contributed by atoms with van der Waals surface area (Å²) in [6.45, 7) is 5.89. The average molecular weight is 224 g/mol. The molecule has 0 aliphatic rings. The zero-order chi connectivity index (χ0) is 11.8. The van der Waals surface area contributed by atoms with Gasteiger partial charge < -0.3 is 15.8 Å². The highest BCUT2D eigenvalue weighted by Crippen LogP contribution is 2.13. The number of rotatable bonds is 7. The maximum Gasteiger partial charge on any atom is 0.218 e. The molecule has 0 bridgehead atoms. The molecular formula is C11H20N4O. The molecular weight excluding hydrogens is 204 g/mol. The third kappa shape index (κ3) is 4.44. The zero-order valence-electron chi connectivity index (χ0n) is 9.99. The number of aromatic nitrogens is 2. The second-order valence-electron chi connectivity index (χ2n) is 3.56. The van der Waals surface area contributed by atoms with Gasteiger partial charge in [-0.1, -0.05) is 13.3 Å². The van der Waals surface area contributed by atoms with Crippen LogP contribution < -0.4 is 15.8 Å². The van der Waals surface area contributed by atoms with Gasteiger partial charge in [0.15, 0.2) is 0 Å². The van der Waals surface area contributed by atoms with Crippen LogP contribution in [0, 0.1) is 6.92 Å². The lowest BCUT2D eigenvalue weighted by Gasteiger charge is -2.08. The Bertz CT molecular complexity index is 317. The summed E-state index contributed by atoms with van der Waals surface area (Å²) in [5.41, 5.74) is 5.37. The lowest BCUT2D eigenvalue weighted by molar-refractivity contribution is 0.314. The highest BCUT2D eigenvalue weighted by atomic mass is 16.5. The number of nitrogens with two attached hydrogens (primary N) is 1. The lowest BCUT2D eigenvalue weighted by Crippen LogP contribution is -2.12. The Hall–Kier alpha value is -1.36. The van der Waals surface area contributed by atoms with Crippen molar-refractivity contribution < 1.29 is 4.74 Å². The fourth-order valence-electron chi connectivity index (χ4n) is 1.26. The molecule has 5 nitrogen and oxygen atoms in total. The monoisotopic (exact) mass is 224 g/mol. The van der Waals surface area contributed by atoms with Gasteiger partial charge in [-0.25, -0.2) is 4.98 Å². The van der Waals surface area contributed by atoms with E-state index in [9.17, 15) is 0 Å². The molecule has 0 aliphatic heterocycles. The Morgan fingerprint density at radius 1 is 1.44 bits per heavy atom. The predicted molar refractivity (Wildman–Crippen MR) is 64.7 cm³/mol. The summed E-state index contributed by atoms with van der Waals surface area (Å²) < 4.78 is 5.37. The summed E-state index contributed by atoms with van der Waals surface area (Å²) >= 11 is 0. The number of nitrogens with zero attached hydrogens (tertiary/aromatic N) is 2. The van der Waals surface area contributed by atoms with E-state index in [1.54, 1.807) is 6.07 Å². The highest BCUT2D eigenvalue weighted by Gasteiger charge is 2.01. The Labute approximate surface area is 96.4 Å². The van der Waals surface area contributed by atoms with Crippen molar-refractivity contribution in [3.05, 3.63) is 11.9 Å². The molecule has 1 rings (SSSR count). The van der Waals surface area contributed by atoms with Crippen molar-refractivity contribution in [3.8, 4) is 5.88 Å². The number of hydrogen-bond donors (Lipinski definition) is 2. The van der Waals surface area contributed by atoms with Gasteiger partial charge >= 0.3 is 0 Å². The van der Waals surface area contributed by atoms with Crippen molar-refractivity contribution in [2.75, 3.05) is 25.0 Å². The summed E-state index contributed by atoms with van der Waals surface area (Å²) in [4.78, 5) is 8.45. The molecule has 0 unspecified atom stereocenters. The van der Waals surface area contributed by atoms with E-state index in [1.807, 2.05) is 6.92 Å². The van der Waals surface area contributed by atoms with Crippen LogP contribution in [0.5, 0.6) is 5.88 Å². The number of aryl methyl sites for hydroxylation is 1. The van der Waals surface area contributed by atoms with Crippen LogP contribution in [-0.4, -0.2) is 29.7 Å². The van der Waals surface area contributed by atoms with Crippen molar-refractivity contribution in [1.29, 1.82) is 0 Å². The molecule has 0 aromatic carbocycles. The topological polar surface area (TPSA) is 73.1 Å². The van der Waals surface area contributed by atoms with Crippen LogP contribution in [0.4, 0.5) is 5.82 Å². The molecule has 0 aliphatic carbocycles. The van der Waals surface area contributed by atoms with Crippen LogP contribution in [0.2, 0.25) is 0 Å². The van der Waals surface area contributed by atoms with E-state index in [0.29, 0.717) is 24.9 Å². The molecule has 0 fully saturated rings. The molecule has 1 aromatic rings. The number of hydrogen-bond acceptors (Lipinski definition) is 5. The molecule has 0 amide bonds. The van der Waals surface area contributed by atoms with Crippen LogP contribution in [0.1, 0.15) is 25.6 Å². The van der Waals surface area contributed by atoms with E-state index in [-0.39, 0.29) is 0 Å². The number of unbranched alkanes of at least 4 members (excludes halogenated alkanes) is 1. The van der Waals surface area contributed by atoms with Crippen molar-refractivity contribution in [1.82, 2.24) is 9.97 Å². The predicted octanol–water partition coefficient (Wildman–Crippen LogP) is 1.33. The molecule has 5 heteroatoms. The molecule has 0 spiro atoms. The fourth-order valence-corrected chi connectivity index (χ4v) is 1.26. The Balaban J connectivity index is 2.58. The summed E-state index contributed by atoms with van der Waals surface area (Å²) in [5, 5.41) is 3.24. The van der Waals surface area contributed by atoms with Crippen LogP contribution in [0.25, 0.3) is 0 Å². The standard InChI is InChI=1S/C11H20N4O/c1-3-4-6-13-10-8-11(16-7-5-12)15-9(2)14-10/h8H,3-7,12H2,1-2H3,(H,13,14,15). The van der Waals surface area contributed by atoms with Gasteiger partial charge in [-0.3, -0.25) is 0 Å². The van der Waals surface area contributed by atoms with Gasteiger partial charge in [0.2, 0.25) is 5.88 Å². The van der Waals surface area contributed by atoms with Gasteiger partial charge in [0.25, 0.3) is 0 Å². The minimum atomic E-state index is 0.477. The largest absolute Gasteiger partial charge is 0.476 e. The quantitative estimate of drug-likeness (QED) is 0.684. The zero-order valence-corrected chi connectivity index (χ0v) is 9.99.